The molecule has 2 aliphatic rings. The molecule has 2 aromatic carbocycles. The Balaban J connectivity index is 0.000000623. The summed E-state index contributed by atoms with van der Waals surface area (Å²) in [6, 6.07) is 12.0. The van der Waals surface area contributed by atoms with Crippen LogP contribution in [0.5, 0.6) is 5.75 Å². The number of likely N-dealkylation sites (N-methyl/N-ethyl adjacent to an activating group) is 1. The number of fused-ring (bicyclic) bond motifs is 1. The van der Waals surface area contributed by atoms with E-state index in [0.29, 0.717) is 28.8 Å². The Morgan fingerprint density at radius 2 is 1.83 bits per heavy atom. The van der Waals surface area contributed by atoms with E-state index in [9.17, 15) is 13.2 Å². The molecule has 1 aliphatic heterocycles. The predicted molar refractivity (Wildman–Crippen MR) is 139 cm³/mol. The first-order valence-electron chi connectivity index (χ1n) is 11.5. The van der Waals surface area contributed by atoms with Gasteiger partial charge < -0.3 is 9.64 Å². The highest BCUT2D eigenvalue weighted by Gasteiger charge is 2.39. The number of halogens is 2. The molecule has 192 valence electrons. The molecule has 35 heavy (non-hydrogen) atoms. The molecule has 1 saturated heterocycles. The van der Waals surface area contributed by atoms with Crippen molar-refractivity contribution in [1.82, 2.24) is 9.80 Å². The van der Waals surface area contributed by atoms with Crippen LogP contribution in [0.25, 0.3) is 0 Å². The normalized spacial score (nSPS) is 19.9. The summed E-state index contributed by atoms with van der Waals surface area (Å²) in [7, 11) is -0.0154. The first-order valence-corrected chi connectivity index (χ1v) is 14.1. The second kappa shape index (κ2) is 11.9. The van der Waals surface area contributed by atoms with E-state index in [1.54, 1.807) is 19.2 Å². The molecule has 2 aromatic rings. The summed E-state index contributed by atoms with van der Waals surface area (Å²) < 4.78 is 31.5. The van der Waals surface area contributed by atoms with Crippen LogP contribution >= 0.6 is 23.2 Å². The minimum atomic E-state index is -3.67. The quantitative estimate of drug-likeness (QED) is 0.553. The van der Waals surface area contributed by atoms with E-state index in [0.717, 1.165) is 37.2 Å². The van der Waals surface area contributed by atoms with Crippen LogP contribution in [0.2, 0.25) is 10.0 Å². The lowest BCUT2D eigenvalue weighted by atomic mass is 9.81. The maximum atomic E-state index is 13.3. The molecule has 10 heteroatoms. The van der Waals surface area contributed by atoms with Crippen LogP contribution in [0.3, 0.4) is 0 Å². The molecule has 0 aromatic heterocycles. The molecule has 0 unspecified atom stereocenters. The van der Waals surface area contributed by atoms with E-state index in [1.807, 2.05) is 30.1 Å². The van der Waals surface area contributed by atoms with Gasteiger partial charge in [-0.3, -0.25) is 14.2 Å². The highest BCUT2D eigenvalue weighted by Crippen LogP contribution is 2.41. The number of likely N-dealkylation sites (tertiary alicyclic amines) is 1. The van der Waals surface area contributed by atoms with Crippen molar-refractivity contribution in [3.8, 4) is 5.75 Å². The molecule has 1 heterocycles. The summed E-state index contributed by atoms with van der Waals surface area (Å²) in [6.45, 7) is 2.21. The molecule has 0 bridgehead atoms. The fourth-order valence-electron chi connectivity index (χ4n) is 5.00. The maximum absolute atomic E-state index is 13.3. The Labute approximate surface area is 217 Å². The van der Waals surface area contributed by atoms with Gasteiger partial charge >= 0.3 is 0 Å². The lowest BCUT2D eigenvalue weighted by molar-refractivity contribution is -0.133. The van der Waals surface area contributed by atoms with Gasteiger partial charge in [0.2, 0.25) is 5.91 Å². The number of amides is 1. The molecule has 0 radical (unpaired) electrons. The fourth-order valence-corrected chi connectivity index (χ4v) is 5.32. The zero-order valence-electron chi connectivity index (χ0n) is 20.2. The summed E-state index contributed by atoms with van der Waals surface area (Å²) >= 11 is 12.2. The maximum Gasteiger partial charge on any atom is 0.261 e. The van der Waals surface area contributed by atoms with Gasteiger partial charge in [0.1, 0.15) is 5.75 Å². The second-order valence-corrected chi connectivity index (χ2v) is 11.3. The molecule has 0 saturated carbocycles. The van der Waals surface area contributed by atoms with Gasteiger partial charge in [0.25, 0.3) is 10.1 Å². The number of carbonyl (C=O) groups is 1. The number of methoxy groups -OCH3 is 1. The Bertz CT molecular complexity index is 1140. The number of carbonyl (C=O) groups excluding carboxylic acids is 1. The van der Waals surface area contributed by atoms with E-state index in [1.165, 1.54) is 24.0 Å². The summed E-state index contributed by atoms with van der Waals surface area (Å²) in [5.74, 6) is 1.00. The van der Waals surface area contributed by atoms with E-state index in [4.69, 9.17) is 32.5 Å². The van der Waals surface area contributed by atoms with Gasteiger partial charge in [-0.15, -0.1) is 0 Å². The van der Waals surface area contributed by atoms with Gasteiger partial charge in [-0.25, -0.2) is 0 Å². The van der Waals surface area contributed by atoms with Gasteiger partial charge in [0.05, 0.1) is 35.9 Å². The minimum Gasteiger partial charge on any atom is -0.496 e. The van der Waals surface area contributed by atoms with Gasteiger partial charge in [0, 0.05) is 13.1 Å². The van der Waals surface area contributed by atoms with Crippen molar-refractivity contribution in [2.24, 2.45) is 0 Å². The van der Waals surface area contributed by atoms with Gasteiger partial charge in [-0.05, 0) is 73.7 Å². The molecule has 1 aliphatic carbocycles. The topological polar surface area (TPSA) is 87.2 Å². The van der Waals surface area contributed by atoms with E-state index in [2.05, 4.69) is 11.0 Å². The lowest BCUT2D eigenvalue weighted by Gasteiger charge is -2.44. The third kappa shape index (κ3) is 7.33. The van der Waals surface area contributed by atoms with Crippen LogP contribution in [0, 0.1) is 0 Å². The van der Waals surface area contributed by atoms with Crippen molar-refractivity contribution >= 4 is 39.2 Å². The number of hydrogen-bond acceptors (Lipinski definition) is 5. The van der Waals surface area contributed by atoms with E-state index in [-0.39, 0.29) is 11.9 Å². The SMILES string of the molecule is COc1cccc2c1CC[C@@H](N1CCCC1)[C@@H]2N(C)C(=O)Cc1ccc(Cl)c(Cl)c1.CS(=O)(=O)O. The van der Waals surface area contributed by atoms with Crippen molar-refractivity contribution in [1.29, 1.82) is 0 Å². The van der Waals surface area contributed by atoms with E-state index >= 15 is 0 Å². The van der Waals surface area contributed by atoms with Crippen molar-refractivity contribution in [3.05, 3.63) is 63.1 Å². The largest absolute Gasteiger partial charge is 0.496 e. The second-order valence-electron chi connectivity index (χ2n) is 8.98. The van der Waals surface area contributed by atoms with Crippen LogP contribution in [0.4, 0.5) is 0 Å². The highest BCUT2D eigenvalue weighted by molar-refractivity contribution is 7.85. The van der Waals surface area contributed by atoms with Crippen molar-refractivity contribution in [2.75, 3.05) is 33.5 Å². The predicted octanol–water partition coefficient (Wildman–Crippen LogP) is 4.66. The average molecular weight is 544 g/mol. The molecule has 1 fully saturated rings. The molecule has 0 spiro atoms. The Kier molecular flexibility index (Phi) is 9.46. The van der Waals surface area contributed by atoms with Crippen LogP contribution in [-0.4, -0.2) is 68.2 Å². The first-order chi connectivity index (χ1) is 16.5. The molecule has 4 rings (SSSR count). The third-order valence-electron chi connectivity index (χ3n) is 6.52. The van der Waals surface area contributed by atoms with Gasteiger partial charge in [0.15, 0.2) is 0 Å². The zero-order valence-corrected chi connectivity index (χ0v) is 22.5. The fraction of sp³-hybridized carbons (Fsp3) is 0.480. The van der Waals surface area contributed by atoms with E-state index < -0.39 is 10.1 Å². The molecular formula is C25H32Cl2N2O5S. The molecule has 1 amide bonds. The molecule has 2 atom stereocenters. The van der Waals surface area contributed by atoms with Crippen molar-refractivity contribution in [3.63, 3.8) is 0 Å². The molecule has 7 nitrogen and oxygen atoms in total. The lowest BCUT2D eigenvalue weighted by Crippen LogP contribution is -2.48. The van der Waals surface area contributed by atoms with Crippen LogP contribution < -0.4 is 4.74 Å². The minimum absolute atomic E-state index is 0.0113. The number of nitrogens with zero attached hydrogens (tertiary/aromatic N) is 2. The van der Waals surface area contributed by atoms with Crippen LogP contribution in [0.1, 0.15) is 42.0 Å². The van der Waals surface area contributed by atoms with Crippen LogP contribution in [0.15, 0.2) is 36.4 Å². The number of hydrogen-bond donors (Lipinski definition) is 1. The molecular weight excluding hydrogens is 511 g/mol. The number of rotatable bonds is 5. The summed E-state index contributed by atoms with van der Waals surface area (Å²) in [6.07, 6.45) is 5.49. The third-order valence-corrected chi connectivity index (χ3v) is 7.26. The average Bonchev–Trinajstić information content (AvgIpc) is 3.33. The zero-order chi connectivity index (χ0) is 25.8. The first kappa shape index (κ1) is 27.7. The Hall–Kier alpha value is -1.84. The summed E-state index contributed by atoms with van der Waals surface area (Å²) in [5, 5.41) is 0.982. The Morgan fingerprint density at radius 1 is 1.17 bits per heavy atom. The number of benzene rings is 2. The Morgan fingerprint density at radius 3 is 2.43 bits per heavy atom. The van der Waals surface area contributed by atoms with Gasteiger partial charge in [-0.2, -0.15) is 8.42 Å². The van der Waals surface area contributed by atoms with Gasteiger partial charge in [-0.1, -0.05) is 41.4 Å². The highest BCUT2D eigenvalue weighted by atomic mass is 35.5. The summed E-state index contributed by atoms with van der Waals surface area (Å²) in [5.41, 5.74) is 3.32. The number of ether oxygens (including phenoxy) is 1. The summed E-state index contributed by atoms with van der Waals surface area (Å²) in [4.78, 5) is 17.8. The van der Waals surface area contributed by atoms with Crippen LogP contribution in [-0.2, 0) is 27.8 Å². The molecule has 1 N–H and O–H groups in total. The van der Waals surface area contributed by atoms with Crippen molar-refractivity contribution < 1.29 is 22.5 Å². The standard InChI is InChI=1S/C24H28Cl2N2O2.CH4O3S/c1-27(23(29)15-16-8-10-19(25)20(26)14-16)24-18-6-5-7-22(30-2)17(18)9-11-21(24)28-12-3-4-13-28;1-5(2,3)4/h5-8,10,14,21,24H,3-4,9,11-13,15H2,1-2H3;1H3,(H,2,3,4)/t21-,24-;/m1./s1. The monoisotopic (exact) mass is 542 g/mol. The van der Waals surface area contributed by atoms with Crippen molar-refractivity contribution in [2.45, 2.75) is 44.2 Å². The smallest absolute Gasteiger partial charge is 0.261 e.